The third-order valence-corrected chi connectivity index (χ3v) is 7.69. The van der Waals surface area contributed by atoms with Gasteiger partial charge in [0.15, 0.2) is 5.75 Å². The van der Waals surface area contributed by atoms with Crippen LogP contribution >= 0.6 is 0 Å². The molecule has 0 saturated heterocycles. The van der Waals surface area contributed by atoms with Crippen molar-refractivity contribution in [2.75, 3.05) is 36.5 Å². The largest absolute Gasteiger partial charge is 0.455 e. The molecule has 9 nitrogen and oxygen atoms in total. The van der Waals surface area contributed by atoms with Crippen LogP contribution in [0.5, 0.6) is 11.5 Å². The standard InChI is InChI=1S/C23H25N3O6S2/c1-25(2)34(30,31)20-15-13-18(14-16-20)26(33(3,28)29)17-23(27)24-21-11-7-8-12-22(21)32-19-9-5-4-6-10-19/h4-16H,17H2,1-3H3,(H,24,27). The van der Waals surface area contributed by atoms with Crippen LogP contribution < -0.4 is 14.4 Å². The summed E-state index contributed by atoms with van der Waals surface area (Å²) in [5.74, 6) is 0.375. The van der Waals surface area contributed by atoms with Gasteiger partial charge in [-0.25, -0.2) is 21.1 Å². The highest BCUT2D eigenvalue weighted by atomic mass is 32.2. The van der Waals surface area contributed by atoms with E-state index in [0.717, 1.165) is 14.9 Å². The fourth-order valence-electron chi connectivity index (χ4n) is 2.99. The van der Waals surface area contributed by atoms with Gasteiger partial charge in [-0.15, -0.1) is 0 Å². The molecule has 0 aliphatic heterocycles. The molecule has 0 aliphatic rings. The molecule has 0 heterocycles. The molecule has 0 atom stereocenters. The number of amides is 1. The Kier molecular flexibility index (Phi) is 7.60. The monoisotopic (exact) mass is 503 g/mol. The average Bonchev–Trinajstić information content (AvgIpc) is 2.79. The average molecular weight is 504 g/mol. The highest BCUT2D eigenvalue weighted by Crippen LogP contribution is 2.29. The van der Waals surface area contributed by atoms with E-state index in [1.54, 1.807) is 36.4 Å². The third-order valence-electron chi connectivity index (χ3n) is 4.72. The lowest BCUT2D eigenvalue weighted by Gasteiger charge is -2.22. The van der Waals surface area contributed by atoms with E-state index in [1.807, 2.05) is 18.2 Å². The van der Waals surface area contributed by atoms with Crippen LogP contribution in [0.3, 0.4) is 0 Å². The van der Waals surface area contributed by atoms with Crippen molar-refractivity contribution in [1.29, 1.82) is 0 Å². The Morgan fingerprint density at radius 2 is 1.44 bits per heavy atom. The van der Waals surface area contributed by atoms with Gasteiger partial charge in [0.1, 0.15) is 12.3 Å². The number of rotatable bonds is 9. The summed E-state index contributed by atoms with van der Waals surface area (Å²) < 4.78 is 57.1. The Balaban J connectivity index is 1.81. The van der Waals surface area contributed by atoms with Crippen molar-refractivity contribution in [3.8, 4) is 11.5 Å². The van der Waals surface area contributed by atoms with Gasteiger partial charge in [-0.05, 0) is 48.5 Å². The predicted molar refractivity (Wildman–Crippen MR) is 131 cm³/mol. The molecule has 0 unspecified atom stereocenters. The molecule has 3 aromatic carbocycles. The van der Waals surface area contributed by atoms with Crippen molar-refractivity contribution in [2.24, 2.45) is 0 Å². The van der Waals surface area contributed by atoms with Crippen molar-refractivity contribution >= 4 is 37.3 Å². The second-order valence-corrected chi connectivity index (χ2v) is 11.6. The van der Waals surface area contributed by atoms with Crippen LogP contribution in [0.4, 0.5) is 11.4 Å². The number of para-hydroxylation sites is 3. The van der Waals surface area contributed by atoms with E-state index >= 15 is 0 Å². The van der Waals surface area contributed by atoms with Gasteiger partial charge < -0.3 is 10.1 Å². The van der Waals surface area contributed by atoms with E-state index in [9.17, 15) is 21.6 Å². The van der Waals surface area contributed by atoms with Crippen molar-refractivity contribution in [3.63, 3.8) is 0 Å². The normalized spacial score (nSPS) is 11.8. The molecule has 1 amide bonds. The molecule has 11 heteroatoms. The van der Waals surface area contributed by atoms with Crippen LogP contribution in [0.25, 0.3) is 0 Å². The predicted octanol–water partition coefficient (Wildman–Crippen LogP) is 3.13. The first-order valence-electron chi connectivity index (χ1n) is 10.1. The van der Waals surface area contributed by atoms with E-state index in [-0.39, 0.29) is 10.6 Å². The summed E-state index contributed by atoms with van der Waals surface area (Å²) in [5, 5.41) is 2.68. The second kappa shape index (κ2) is 10.2. The first-order valence-corrected chi connectivity index (χ1v) is 13.4. The molecule has 0 radical (unpaired) electrons. The zero-order chi connectivity index (χ0) is 24.9. The fraction of sp³-hybridized carbons (Fsp3) is 0.174. The summed E-state index contributed by atoms with van der Waals surface area (Å²) in [4.78, 5) is 12.8. The maximum absolute atomic E-state index is 12.8. The zero-order valence-electron chi connectivity index (χ0n) is 18.9. The Hall–Kier alpha value is -3.41. The van der Waals surface area contributed by atoms with E-state index in [2.05, 4.69) is 5.32 Å². The minimum atomic E-state index is -3.85. The molecule has 0 aromatic heterocycles. The van der Waals surface area contributed by atoms with Crippen LogP contribution in [-0.4, -0.2) is 53.9 Å². The topological polar surface area (TPSA) is 113 Å². The second-order valence-electron chi connectivity index (χ2n) is 7.51. The maximum Gasteiger partial charge on any atom is 0.245 e. The molecule has 0 saturated carbocycles. The summed E-state index contributed by atoms with van der Waals surface area (Å²) >= 11 is 0. The summed E-state index contributed by atoms with van der Waals surface area (Å²) in [6.45, 7) is -0.516. The molecule has 34 heavy (non-hydrogen) atoms. The maximum atomic E-state index is 12.8. The highest BCUT2D eigenvalue weighted by molar-refractivity contribution is 7.92. The van der Waals surface area contributed by atoms with Gasteiger partial charge in [-0.1, -0.05) is 30.3 Å². The molecule has 0 fully saturated rings. The summed E-state index contributed by atoms with van der Waals surface area (Å²) in [5.41, 5.74) is 0.529. The number of nitrogens with one attached hydrogen (secondary N) is 1. The number of carbonyl (C=O) groups is 1. The number of anilines is 2. The van der Waals surface area contributed by atoms with E-state index in [0.29, 0.717) is 17.2 Å². The summed E-state index contributed by atoms with van der Waals surface area (Å²) in [6.07, 6.45) is 0.969. The highest BCUT2D eigenvalue weighted by Gasteiger charge is 2.23. The van der Waals surface area contributed by atoms with Gasteiger partial charge in [0.05, 0.1) is 22.5 Å². The van der Waals surface area contributed by atoms with Gasteiger partial charge >= 0.3 is 0 Å². The molecular formula is C23H25N3O6S2. The molecule has 3 aromatic rings. The first-order chi connectivity index (χ1) is 16.0. The third kappa shape index (κ3) is 6.13. The lowest BCUT2D eigenvalue weighted by Crippen LogP contribution is -2.37. The van der Waals surface area contributed by atoms with Crippen molar-refractivity contribution < 1.29 is 26.4 Å². The van der Waals surface area contributed by atoms with Gasteiger partial charge in [-0.3, -0.25) is 9.10 Å². The molecule has 1 N–H and O–H groups in total. The van der Waals surface area contributed by atoms with Gasteiger partial charge in [0.25, 0.3) is 0 Å². The van der Waals surface area contributed by atoms with Crippen molar-refractivity contribution in [1.82, 2.24) is 4.31 Å². The number of sulfonamides is 2. The number of hydrogen-bond donors (Lipinski definition) is 1. The first kappa shape index (κ1) is 25.2. The minimum absolute atomic E-state index is 0.00569. The van der Waals surface area contributed by atoms with Gasteiger partial charge in [0.2, 0.25) is 26.0 Å². The summed E-state index contributed by atoms with van der Waals surface area (Å²) in [7, 11) is -4.73. The molecule has 0 spiro atoms. The van der Waals surface area contributed by atoms with E-state index < -0.39 is 32.5 Å². The Labute approximate surface area is 199 Å². The van der Waals surface area contributed by atoms with Crippen LogP contribution in [0.15, 0.2) is 83.8 Å². The number of hydrogen-bond acceptors (Lipinski definition) is 6. The van der Waals surface area contributed by atoms with Gasteiger partial charge in [0, 0.05) is 14.1 Å². The quantitative estimate of drug-likeness (QED) is 0.480. The number of ether oxygens (including phenoxy) is 1. The Bertz CT molecular complexity index is 1360. The number of carbonyl (C=O) groups excluding carboxylic acids is 1. The number of nitrogens with zero attached hydrogens (tertiary/aromatic N) is 2. The molecule has 0 aliphatic carbocycles. The molecular weight excluding hydrogens is 478 g/mol. The molecule has 180 valence electrons. The van der Waals surface area contributed by atoms with E-state index in [4.69, 9.17) is 4.74 Å². The van der Waals surface area contributed by atoms with Crippen molar-refractivity contribution in [3.05, 3.63) is 78.9 Å². The smallest absolute Gasteiger partial charge is 0.245 e. The van der Waals surface area contributed by atoms with Crippen LogP contribution in [0.2, 0.25) is 0 Å². The summed E-state index contributed by atoms with van der Waals surface area (Å²) in [6, 6.07) is 21.1. The number of benzene rings is 3. The zero-order valence-corrected chi connectivity index (χ0v) is 20.5. The van der Waals surface area contributed by atoms with Gasteiger partial charge in [-0.2, -0.15) is 0 Å². The van der Waals surface area contributed by atoms with Crippen LogP contribution in [-0.2, 0) is 24.8 Å². The lowest BCUT2D eigenvalue weighted by molar-refractivity contribution is -0.114. The fourth-order valence-corrected chi connectivity index (χ4v) is 4.75. The van der Waals surface area contributed by atoms with E-state index in [1.165, 1.54) is 38.4 Å². The van der Waals surface area contributed by atoms with Crippen LogP contribution in [0.1, 0.15) is 0 Å². The molecule has 3 rings (SSSR count). The molecule has 0 bridgehead atoms. The van der Waals surface area contributed by atoms with Crippen molar-refractivity contribution in [2.45, 2.75) is 4.90 Å². The Morgan fingerprint density at radius 1 is 0.853 bits per heavy atom. The van der Waals surface area contributed by atoms with Crippen LogP contribution in [0, 0.1) is 0 Å². The SMILES string of the molecule is CN(C)S(=O)(=O)c1ccc(N(CC(=O)Nc2ccccc2Oc2ccccc2)S(C)(=O)=O)cc1. The lowest BCUT2D eigenvalue weighted by atomic mass is 10.2. The minimum Gasteiger partial charge on any atom is -0.455 e. The Morgan fingerprint density at radius 3 is 2.03 bits per heavy atom.